The number of rotatable bonds is 6. The SMILES string of the molecule is CCCn1nccc1C(NCC)C1CCc2ccccc21. The fourth-order valence-corrected chi connectivity index (χ4v) is 3.61. The van der Waals surface area contributed by atoms with Gasteiger partial charge in [0, 0.05) is 18.7 Å². The van der Waals surface area contributed by atoms with Crippen LogP contribution in [-0.2, 0) is 13.0 Å². The van der Waals surface area contributed by atoms with E-state index < -0.39 is 0 Å². The molecule has 2 atom stereocenters. The number of likely N-dealkylation sites (N-methyl/N-ethyl adjacent to an activating group) is 1. The third kappa shape index (κ3) is 2.75. The molecule has 3 heteroatoms. The summed E-state index contributed by atoms with van der Waals surface area (Å²) in [5, 5.41) is 8.22. The van der Waals surface area contributed by atoms with Gasteiger partial charge in [0.15, 0.2) is 0 Å². The second-order valence-electron chi connectivity index (χ2n) is 5.86. The van der Waals surface area contributed by atoms with E-state index in [1.54, 1.807) is 0 Å². The van der Waals surface area contributed by atoms with Crippen molar-refractivity contribution in [3.63, 3.8) is 0 Å². The van der Waals surface area contributed by atoms with Gasteiger partial charge in [-0.3, -0.25) is 4.68 Å². The number of hydrogen-bond donors (Lipinski definition) is 1. The Balaban J connectivity index is 1.94. The first-order chi connectivity index (χ1) is 10.3. The molecular weight excluding hydrogens is 258 g/mol. The van der Waals surface area contributed by atoms with E-state index in [0.29, 0.717) is 12.0 Å². The predicted octanol–water partition coefficient (Wildman–Crippen LogP) is 3.67. The molecule has 1 heterocycles. The van der Waals surface area contributed by atoms with Crippen LogP contribution in [0.4, 0.5) is 0 Å². The maximum absolute atomic E-state index is 4.51. The summed E-state index contributed by atoms with van der Waals surface area (Å²) in [5.41, 5.74) is 4.38. The first-order valence-corrected chi connectivity index (χ1v) is 8.18. The fourth-order valence-electron chi connectivity index (χ4n) is 3.61. The summed E-state index contributed by atoms with van der Waals surface area (Å²) in [5.74, 6) is 0.563. The molecule has 0 radical (unpaired) electrons. The van der Waals surface area contributed by atoms with Gasteiger partial charge in [0.2, 0.25) is 0 Å². The Morgan fingerprint density at radius 2 is 2.14 bits per heavy atom. The molecule has 2 unspecified atom stereocenters. The summed E-state index contributed by atoms with van der Waals surface area (Å²) in [6.07, 6.45) is 5.49. The van der Waals surface area contributed by atoms with Gasteiger partial charge in [-0.2, -0.15) is 5.10 Å². The molecule has 2 aromatic rings. The Kier molecular flexibility index (Phi) is 4.39. The topological polar surface area (TPSA) is 29.9 Å². The lowest BCUT2D eigenvalue weighted by Gasteiger charge is -2.26. The smallest absolute Gasteiger partial charge is 0.0561 e. The zero-order chi connectivity index (χ0) is 14.7. The Morgan fingerprint density at radius 3 is 2.95 bits per heavy atom. The highest BCUT2D eigenvalue weighted by atomic mass is 15.3. The van der Waals surface area contributed by atoms with E-state index in [1.807, 2.05) is 6.20 Å². The van der Waals surface area contributed by atoms with Crippen molar-refractivity contribution in [2.45, 2.75) is 51.6 Å². The van der Waals surface area contributed by atoms with Crippen molar-refractivity contribution in [2.75, 3.05) is 6.54 Å². The molecule has 0 spiro atoms. The van der Waals surface area contributed by atoms with Crippen molar-refractivity contribution < 1.29 is 0 Å². The molecule has 0 bridgehead atoms. The largest absolute Gasteiger partial charge is 0.308 e. The van der Waals surface area contributed by atoms with Gasteiger partial charge in [-0.1, -0.05) is 38.1 Å². The molecule has 0 fully saturated rings. The molecule has 1 aliphatic carbocycles. The second-order valence-corrected chi connectivity index (χ2v) is 5.86. The summed E-state index contributed by atoms with van der Waals surface area (Å²) in [6, 6.07) is 11.5. The van der Waals surface area contributed by atoms with E-state index in [2.05, 4.69) is 59.3 Å². The lowest BCUT2D eigenvalue weighted by Crippen LogP contribution is -2.28. The van der Waals surface area contributed by atoms with Crippen LogP contribution in [0, 0.1) is 0 Å². The minimum absolute atomic E-state index is 0.368. The van der Waals surface area contributed by atoms with Crippen LogP contribution in [0.15, 0.2) is 36.5 Å². The van der Waals surface area contributed by atoms with E-state index in [0.717, 1.165) is 19.5 Å². The minimum atomic E-state index is 0.368. The zero-order valence-electron chi connectivity index (χ0n) is 13.0. The highest BCUT2D eigenvalue weighted by Crippen LogP contribution is 2.41. The van der Waals surface area contributed by atoms with E-state index in [-0.39, 0.29) is 0 Å². The number of fused-ring (bicyclic) bond motifs is 1. The third-order valence-electron chi connectivity index (χ3n) is 4.51. The number of aryl methyl sites for hydroxylation is 2. The second kappa shape index (κ2) is 6.44. The molecule has 1 aromatic carbocycles. The lowest BCUT2D eigenvalue weighted by molar-refractivity contribution is 0.414. The summed E-state index contributed by atoms with van der Waals surface area (Å²) < 4.78 is 2.17. The van der Waals surface area contributed by atoms with Crippen molar-refractivity contribution in [2.24, 2.45) is 0 Å². The van der Waals surface area contributed by atoms with Crippen molar-refractivity contribution in [3.8, 4) is 0 Å². The van der Waals surface area contributed by atoms with E-state index in [1.165, 1.54) is 29.7 Å². The highest BCUT2D eigenvalue weighted by molar-refractivity contribution is 5.37. The number of nitrogens with one attached hydrogen (secondary N) is 1. The molecule has 3 rings (SSSR count). The number of benzene rings is 1. The van der Waals surface area contributed by atoms with Crippen molar-refractivity contribution in [3.05, 3.63) is 53.3 Å². The van der Waals surface area contributed by atoms with Crippen LogP contribution in [0.3, 0.4) is 0 Å². The van der Waals surface area contributed by atoms with E-state index in [4.69, 9.17) is 0 Å². The molecule has 0 amide bonds. The zero-order valence-corrected chi connectivity index (χ0v) is 13.0. The molecule has 0 saturated heterocycles. The summed E-state index contributed by atoms with van der Waals surface area (Å²) >= 11 is 0. The molecule has 0 aliphatic heterocycles. The van der Waals surface area contributed by atoms with Crippen LogP contribution < -0.4 is 5.32 Å². The normalized spacial score (nSPS) is 18.7. The quantitative estimate of drug-likeness (QED) is 0.876. The van der Waals surface area contributed by atoms with Gasteiger partial charge in [0.05, 0.1) is 11.7 Å². The number of nitrogens with zero attached hydrogens (tertiary/aromatic N) is 2. The maximum Gasteiger partial charge on any atom is 0.0561 e. The van der Waals surface area contributed by atoms with Gasteiger partial charge in [-0.25, -0.2) is 0 Å². The molecule has 1 aliphatic rings. The summed E-state index contributed by atoms with van der Waals surface area (Å²) in [4.78, 5) is 0. The fraction of sp³-hybridized carbons (Fsp3) is 0.500. The average molecular weight is 283 g/mol. The predicted molar refractivity (Wildman–Crippen MR) is 86.4 cm³/mol. The minimum Gasteiger partial charge on any atom is -0.308 e. The van der Waals surface area contributed by atoms with Gasteiger partial charge >= 0.3 is 0 Å². The number of hydrogen-bond acceptors (Lipinski definition) is 2. The van der Waals surface area contributed by atoms with Crippen LogP contribution in [0.2, 0.25) is 0 Å². The van der Waals surface area contributed by atoms with E-state index >= 15 is 0 Å². The van der Waals surface area contributed by atoms with Gasteiger partial charge in [0.1, 0.15) is 0 Å². The van der Waals surface area contributed by atoms with Gasteiger partial charge < -0.3 is 5.32 Å². The Labute approximate surface area is 127 Å². The molecule has 1 aromatic heterocycles. The standard InChI is InChI=1S/C18H25N3/c1-3-13-21-17(11-12-20-21)18(19-4-2)16-10-9-14-7-5-6-8-15(14)16/h5-8,11-12,16,18-19H,3-4,9-10,13H2,1-2H3. The third-order valence-corrected chi connectivity index (χ3v) is 4.51. The van der Waals surface area contributed by atoms with Crippen LogP contribution >= 0.6 is 0 Å². The summed E-state index contributed by atoms with van der Waals surface area (Å²) in [7, 11) is 0. The first kappa shape index (κ1) is 14.3. The lowest BCUT2D eigenvalue weighted by atomic mass is 9.91. The highest BCUT2D eigenvalue weighted by Gasteiger charge is 2.31. The van der Waals surface area contributed by atoms with Crippen LogP contribution in [0.1, 0.15) is 55.5 Å². The average Bonchev–Trinajstić information content (AvgIpc) is 3.12. The molecule has 3 nitrogen and oxygen atoms in total. The van der Waals surface area contributed by atoms with Crippen molar-refractivity contribution in [1.29, 1.82) is 0 Å². The monoisotopic (exact) mass is 283 g/mol. The molecular formula is C18H25N3. The van der Waals surface area contributed by atoms with Gasteiger partial charge in [-0.05, 0) is 43.0 Å². The Hall–Kier alpha value is -1.61. The van der Waals surface area contributed by atoms with Gasteiger partial charge in [-0.15, -0.1) is 0 Å². The van der Waals surface area contributed by atoms with Crippen LogP contribution in [0.25, 0.3) is 0 Å². The summed E-state index contributed by atoms with van der Waals surface area (Å²) in [6.45, 7) is 6.38. The van der Waals surface area contributed by atoms with Crippen molar-refractivity contribution >= 4 is 0 Å². The Bertz CT molecular complexity index is 588. The first-order valence-electron chi connectivity index (χ1n) is 8.18. The number of aromatic nitrogens is 2. The van der Waals surface area contributed by atoms with Crippen LogP contribution in [0.5, 0.6) is 0 Å². The molecule has 1 N–H and O–H groups in total. The molecule has 21 heavy (non-hydrogen) atoms. The molecule has 0 saturated carbocycles. The van der Waals surface area contributed by atoms with Crippen LogP contribution in [-0.4, -0.2) is 16.3 Å². The maximum atomic E-state index is 4.51. The van der Waals surface area contributed by atoms with E-state index in [9.17, 15) is 0 Å². The molecule has 112 valence electrons. The Morgan fingerprint density at radius 1 is 1.29 bits per heavy atom. The van der Waals surface area contributed by atoms with Crippen molar-refractivity contribution in [1.82, 2.24) is 15.1 Å². The van der Waals surface area contributed by atoms with Gasteiger partial charge in [0.25, 0.3) is 0 Å².